The highest BCUT2D eigenvalue weighted by molar-refractivity contribution is 7.92. The van der Waals surface area contributed by atoms with Crippen LogP contribution in [0.1, 0.15) is 28.9 Å². The van der Waals surface area contributed by atoms with Gasteiger partial charge in [-0.05, 0) is 11.4 Å². The summed E-state index contributed by atoms with van der Waals surface area (Å²) in [6.07, 6.45) is 8.11. The summed E-state index contributed by atoms with van der Waals surface area (Å²) in [5.74, 6) is 2.22. The maximum absolute atomic E-state index is 12.1. The molecule has 0 spiro atoms. The number of carbonyl (C=O) groups excluding carboxylic acids is 1. The number of nitrogens with one attached hydrogen (secondary N) is 2. The van der Waals surface area contributed by atoms with Gasteiger partial charge in [-0.1, -0.05) is 0 Å². The Hall–Kier alpha value is -1.92. The molecule has 0 unspecified atom stereocenters. The Morgan fingerprint density at radius 3 is 2.77 bits per heavy atom. The van der Waals surface area contributed by atoms with E-state index in [1.807, 2.05) is 0 Å². The first-order valence-electron chi connectivity index (χ1n) is 6.56. The summed E-state index contributed by atoms with van der Waals surface area (Å²) >= 11 is 1.17. The predicted octanol–water partition coefficient (Wildman–Crippen LogP) is 1.81. The number of carbonyl (C=O) groups is 1. The fourth-order valence-electron chi connectivity index (χ4n) is 1.89. The number of hydrogen-bond donors (Lipinski definition) is 2. The molecule has 9 heteroatoms. The van der Waals surface area contributed by atoms with Crippen molar-refractivity contribution in [3.63, 3.8) is 0 Å². The van der Waals surface area contributed by atoms with Gasteiger partial charge in [-0.2, -0.15) is 10.2 Å². The van der Waals surface area contributed by atoms with E-state index in [9.17, 15) is 13.2 Å². The average Bonchev–Trinajstić information content (AvgIpc) is 3.05. The number of terminal acetylenes is 1. The van der Waals surface area contributed by atoms with Crippen molar-refractivity contribution in [2.24, 2.45) is 10.2 Å². The van der Waals surface area contributed by atoms with Crippen molar-refractivity contribution in [3.05, 3.63) is 16.3 Å². The number of sulfonamides is 1. The molecule has 7 nitrogen and oxygen atoms in total. The number of amides is 1. The minimum atomic E-state index is -3.42. The SMILES string of the molecule is C#CCCC1(CCNC(=O)c2sccc2NS(C)(=O)=O)N=N1. The van der Waals surface area contributed by atoms with Crippen LogP contribution in [0, 0.1) is 12.3 Å². The van der Waals surface area contributed by atoms with E-state index < -0.39 is 15.7 Å². The first-order chi connectivity index (χ1) is 10.4. The molecule has 2 N–H and O–H groups in total. The molecule has 2 heterocycles. The summed E-state index contributed by atoms with van der Waals surface area (Å²) in [5.41, 5.74) is -0.156. The van der Waals surface area contributed by atoms with Crippen LogP contribution in [0.2, 0.25) is 0 Å². The molecule has 0 saturated carbocycles. The van der Waals surface area contributed by atoms with Crippen LogP contribution < -0.4 is 10.0 Å². The van der Waals surface area contributed by atoms with Crippen molar-refractivity contribution in [2.75, 3.05) is 17.5 Å². The van der Waals surface area contributed by atoms with Crippen molar-refractivity contribution in [2.45, 2.75) is 24.9 Å². The number of rotatable bonds is 8. The number of hydrogen-bond acceptors (Lipinski definition) is 6. The van der Waals surface area contributed by atoms with Gasteiger partial charge in [0.05, 0.1) is 11.9 Å². The monoisotopic (exact) mass is 340 g/mol. The fourth-order valence-corrected chi connectivity index (χ4v) is 3.29. The van der Waals surface area contributed by atoms with E-state index in [-0.39, 0.29) is 11.6 Å². The van der Waals surface area contributed by atoms with Crippen LogP contribution in [0.15, 0.2) is 21.7 Å². The molecule has 0 aliphatic carbocycles. The zero-order chi connectivity index (χ0) is 16.2. The molecule has 0 radical (unpaired) electrons. The van der Waals surface area contributed by atoms with Gasteiger partial charge in [0, 0.05) is 25.8 Å². The molecular weight excluding hydrogens is 324 g/mol. The Balaban J connectivity index is 1.86. The molecule has 1 aliphatic rings. The lowest BCUT2D eigenvalue weighted by atomic mass is 10.0. The molecule has 1 aromatic rings. The standard InChI is InChI=1S/C13H16N4O3S2/c1-3-4-6-13(16-17-13)7-8-14-12(18)11-10(5-9-21-11)15-22(2,19)20/h1,5,9,15H,4,6-8H2,2H3,(H,14,18). The van der Waals surface area contributed by atoms with Gasteiger partial charge in [0.25, 0.3) is 5.91 Å². The van der Waals surface area contributed by atoms with Gasteiger partial charge in [-0.15, -0.1) is 23.7 Å². The van der Waals surface area contributed by atoms with E-state index in [2.05, 4.69) is 26.2 Å². The zero-order valence-electron chi connectivity index (χ0n) is 12.0. The fraction of sp³-hybridized carbons (Fsp3) is 0.462. The van der Waals surface area contributed by atoms with Crippen LogP contribution in [-0.4, -0.2) is 32.8 Å². The maximum atomic E-state index is 12.1. The van der Waals surface area contributed by atoms with Crippen LogP contribution in [0.3, 0.4) is 0 Å². The Kier molecular flexibility index (Phi) is 4.83. The summed E-state index contributed by atoms with van der Waals surface area (Å²) in [6.45, 7) is 0.395. The topological polar surface area (TPSA) is 100.0 Å². The minimum Gasteiger partial charge on any atom is -0.351 e. The molecule has 0 bridgehead atoms. The van der Waals surface area contributed by atoms with Crippen LogP contribution in [0.25, 0.3) is 0 Å². The van der Waals surface area contributed by atoms with Crippen LogP contribution in [0.5, 0.6) is 0 Å². The molecule has 0 saturated heterocycles. The van der Waals surface area contributed by atoms with Crippen molar-refractivity contribution in [3.8, 4) is 12.3 Å². The van der Waals surface area contributed by atoms with E-state index in [1.165, 1.54) is 11.3 Å². The van der Waals surface area contributed by atoms with E-state index in [0.29, 0.717) is 30.7 Å². The van der Waals surface area contributed by atoms with Gasteiger partial charge in [-0.25, -0.2) is 8.42 Å². The maximum Gasteiger partial charge on any atom is 0.263 e. The third-order valence-corrected chi connectivity index (χ3v) is 4.53. The van der Waals surface area contributed by atoms with Crippen molar-refractivity contribution < 1.29 is 13.2 Å². The Bertz CT molecular complexity index is 725. The van der Waals surface area contributed by atoms with Gasteiger partial charge in [0.2, 0.25) is 10.0 Å². The van der Waals surface area contributed by atoms with Gasteiger partial charge in [-0.3, -0.25) is 9.52 Å². The highest BCUT2D eigenvalue weighted by Crippen LogP contribution is 2.36. The predicted molar refractivity (Wildman–Crippen MR) is 85.4 cm³/mol. The summed E-state index contributed by atoms with van der Waals surface area (Å²) < 4.78 is 24.8. The third-order valence-electron chi connectivity index (χ3n) is 3.03. The largest absolute Gasteiger partial charge is 0.351 e. The molecule has 0 atom stereocenters. The molecule has 1 aromatic heterocycles. The lowest BCUT2D eigenvalue weighted by molar-refractivity contribution is 0.0957. The molecule has 0 aromatic carbocycles. The number of thiophene rings is 1. The molecular formula is C13H16N4O3S2. The first kappa shape index (κ1) is 16.5. The summed E-state index contributed by atoms with van der Waals surface area (Å²) in [5, 5.41) is 12.4. The van der Waals surface area contributed by atoms with Crippen molar-refractivity contribution in [1.29, 1.82) is 0 Å². The zero-order valence-corrected chi connectivity index (χ0v) is 13.6. The Labute approximate surface area is 133 Å². The van der Waals surface area contributed by atoms with Gasteiger partial charge < -0.3 is 5.32 Å². The van der Waals surface area contributed by atoms with E-state index >= 15 is 0 Å². The summed E-state index contributed by atoms with van der Waals surface area (Å²) in [4.78, 5) is 12.4. The normalized spacial score (nSPS) is 15.1. The molecule has 1 amide bonds. The van der Waals surface area contributed by atoms with Gasteiger partial charge >= 0.3 is 0 Å². The second kappa shape index (κ2) is 6.46. The van der Waals surface area contributed by atoms with E-state index in [1.54, 1.807) is 11.4 Å². The highest BCUT2D eigenvalue weighted by Gasteiger charge is 2.38. The lowest BCUT2D eigenvalue weighted by Gasteiger charge is -2.10. The minimum absolute atomic E-state index is 0.285. The average molecular weight is 340 g/mol. The van der Waals surface area contributed by atoms with Crippen LogP contribution in [0.4, 0.5) is 5.69 Å². The van der Waals surface area contributed by atoms with Crippen LogP contribution in [-0.2, 0) is 10.0 Å². The van der Waals surface area contributed by atoms with Gasteiger partial charge in [0.15, 0.2) is 5.66 Å². The summed E-state index contributed by atoms with van der Waals surface area (Å²) in [6, 6.07) is 1.56. The quantitative estimate of drug-likeness (QED) is 0.706. The second-order valence-corrected chi connectivity index (χ2v) is 7.59. The van der Waals surface area contributed by atoms with E-state index in [4.69, 9.17) is 6.42 Å². The lowest BCUT2D eigenvalue weighted by Crippen LogP contribution is -2.28. The Morgan fingerprint density at radius 2 is 2.18 bits per heavy atom. The highest BCUT2D eigenvalue weighted by atomic mass is 32.2. The smallest absolute Gasteiger partial charge is 0.263 e. The number of nitrogens with zero attached hydrogens (tertiary/aromatic N) is 2. The van der Waals surface area contributed by atoms with Crippen molar-refractivity contribution >= 4 is 33.0 Å². The van der Waals surface area contributed by atoms with Crippen molar-refractivity contribution in [1.82, 2.24) is 5.32 Å². The first-order valence-corrected chi connectivity index (χ1v) is 9.33. The second-order valence-electron chi connectivity index (χ2n) is 4.93. The molecule has 118 valence electrons. The van der Waals surface area contributed by atoms with Crippen LogP contribution >= 0.6 is 11.3 Å². The Morgan fingerprint density at radius 1 is 1.45 bits per heavy atom. The van der Waals surface area contributed by atoms with Gasteiger partial charge in [0.1, 0.15) is 4.88 Å². The molecule has 2 rings (SSSR count). The third kappa shape index (κ3) is 4.54. The molecule has 1 aliphatic heterocycles. The molecule has 0 fully saturated rings. The van der Waals surface area contributed by atoms with E-state index in [0.717, 1.165) is 6.26 Å². The summed E-state index contributed by atoms with van der Waals surface area (Å²) in [7, 11) is -3.42. The molecule has 22 heavy (non-hydrogen) atoms. The number of anilines is 1.